The van der Waals surface area contributed by atoms with Crippen molar-refractivity contribution in [1.29, 1.82) is 0 Å². The van der Waals surface area contributed by atoms with Gasteiger partial charge < -0.3 is 5.32 Å². The van der Waals surface area contributed by atoms with Gasteiger partial charge in [-0.2, -0.15) is 0 Å². The number of halogens is 3. The summed E-state index contributed by atoms with van der Waals surface area (Å²) in [5.74, 6) is 0.571. The summed E-state index contributed by atoms with van der Waals surface area (Å²) in [7, 11) is 0. The highest BCUT2D eigenvalue weighted by Gasteiger charge is 2.51. The standard InChI is InChI=1S/C19H22Cl3NO/c1-12(2)11-23-18(24)8-13(3)6-7-19(22)10-15(19)14-4-5-16(20)17(21)9-14/h4-9,12,15H,10-11H2,1-3H3,(H,23,24)/t15?,19-/m0/s1. The van der Waals surface area contributed by atoms with Crippen LogP contribution in [0.4, 0.5) is 0 Å². The normalized spacial score (nSPS) is 23.8. The molecule has 1 aliphatic carbocycles. The molecule has 0 spiro atoms. The lowest BCUT2D eigenvalue weighted by Crippen LogP contribution is -2.25. The Hall–Kier alpha value is -0.960. The Morgan fingerprint density at radius 2 is 2.08 bits per heavy atom. The molecule has 130 valence electrons. The lowest BCUT2D eigenvalue weighted by molar-refractivity contribution is -0.116. The second-order valence-electron chi connectivity index (χ2n) is 6.72. The van der Waals surface area contributed by atoms with Crippen molar-refractivity contribution in [2.24, 2.45) is 5.92 Å². The van der Waals surface area contributed by atoms with E-state index in [1.165, 1.54) is 0 Å². The highest BCUT2D eigenvalue weighted by Crippen LogP contribution is 2.58. The van der Waals surface area contributed by atoms with Gasteiger partial charge in [-0.1, -0.05) is 55.3 Å². The van der Waals surface area contributed by atoms with Crippen LogP contribution in [0, 0.1) is 5.92 Å². The summed E-state index contributed by atoms with van der Waals surface area (Å²) in [6, 6.07) is 5.62. The first-order valence-electron chi connectivity index (χ1n) is 8.00. The fourth-order valence-corrected chi connectivity index (χ4v) is 3.09. The summed E-state index contributed by atoms with van der Waals surface area (Å²) in [5, 5.41) is 3.95. The van der Waals surface area contributed by atoms with E-state index in [-0.39, 0.29) is 11.8 Å². The van der Waals surface area contributed by atoms with Crippen molar-refractivity contribution in [3.05, 3.63) is 57.6 Å². The number of carbonyl (C=O) groups excluding carboxylic acids is 1. The van der Waals surface area contributed by atoms with Crippen LogP contribution in [0.5, 0.6) is 0 Å². The molecule has 2 rings (SSSR count). The number of allylic oxidation sites excluding steroid dienone is 3. The summed E-state index contributed by atoms with van der Waals surface area (Å²) in [6.45, 7) is 6.68. The van der Waals surface area contributed by atoms with Gasteiger partial charge in [0.25, 0.3) is 0 Å². The van der Waals surface area contributed by atoms with E-state index in [4.69, 9.17) is 34.8 Å². The first-order valence-corrected chi connectivity index (χ1v) is 9.14. The molecule has 0 aliphatic heterocycles. The molecule has 0 bridgehead atoms. The number of benzene rings is 1. The van der Waals surface area contributed by atoms with Gasteiger partial charge in [0.15, 0.2) is 0 Å². The summed E-state index contributed by atoms with van der Waals surface area (Å²) in [4.78, 5) is 11.4. The van der Waals surface area contributed by atoms with Gasteiger partial charge in [-0.3, -0.25) is 4.79 Å². The monoisotopic (exact) mass is 385 g/mol. The molecule has 1 aromatic rings. The van der Waals surface area contributed by atoms with Crippen LogP contribution in [-0.4, -0.2) is 17.3 Å². The molecule has 2 nitrogen and oxygen atoms in total. The zero-order valence-corrected chi connectivity index (χ0v) is 16.3. The van der Waals surface area contributed by atoms with Gasteiger partial charge in [0, 0.05) is 18.5 Å². The average Bonchev–Trinajstić information content (AvgIpc) is 3.18. The van der Waals surface area contributed by atoms with Crippen LogP contribution in [0.1, 0.15) is 38.7 Å². The van der Waals surface area contributed by atoms with E-state index in [1.54, 1.807) is 12.1 Å². The highest BCUT2D eigenvalue weighted by molar-refractivity contribution is 6.42. The van der Waals surface area contributed by atoms with E-state index in [9.17, 15) is 4.79 Å². The molecule has 0 saturated heterocycles. The summed E-state index contributed by atoms with van der Waals surface area (Å²) < 4.78 is 0. The Morgan fingerprint density at radius 1 is 1.38 bits per heavy atom. The minimum atomic E-state index is -0.416. The Balaban J connectivity index is 1.96. The van der Waals surface area contributed by atoms with E-state index in [0.29, 0.717) is 22.5 Å². The minimum Gasteiger partial charge on any atom is -0.352 e. The van der Waals surface area contributed by atoms with Crippen LogP contribution in [-0.2, 0) is 4.79 Å². The van der Waals surface area contributed by atoms with Crippen LogP contribution in [0.3, 0.4) is 0 Å². The number of amides is 1. The van der Waals surface area contributed by atoms with Gasteiger partial charge in [0.2, 0.25) is 5.91 Å². The third kappa shape index (κ3) is 5.27. The summed E-state index contributed by atoms with van der Waals surface area (Å²) >= 11 is 18.6. The maximum Gasteiger partial charge on any atom is 0.244 e. The van der Waals surface area contributed by atoms with Crippen LogP contribution >= 0.6 is 34.8 Å². The number of nitrogens with one attached hydrogen (secondary N) is 1. The molecule has 1 unspecified atom stereocenters. The molecular formula is C19H22Cl3NO. The first kappa shape index (κ1) is 19.4. The van der Waals surface area contributed by atoms with Crippen LogP contribution in [0.2, 0.25) is 10.0 Å². The number of hydrogen-bond acceptors (Lipinski definition) is 1. The zero-order valence-electron chi connectivity index (χ0n) is 14.1. The molecule has 1 aliphatic rings. The predicted molar refractivity (Wildman–Crippen MR) is 103 cm³/mol. The fourth-order valence-electron chi connectivity index (χ4n) is 2.44. The van der Waals surface area contributed by atoms with Gasteiger partial charge in [0.1, 0.15) is 0 Å². The van der Waals surface area contributed by atoms with Crippen molar-refractivity contribution in [3.8, 4) is 0 Å². The molecule has 1 saturated carbocycles. The molecule has 1 fully saturated rings. The quantitative estimate of drug-likeness (QED) is 0.377. The molecule has 0 aromatic heterocycles. The lowest BCUT2D eigenvalue weighted by Gasteiger charge is -2.06. The van der Waals surface area contributed by atoms with E-state index >= 15 is 0 Å². The number of carbonyl (C=O) groups is 1. The van der Waals surface area contributed by atoms with E-state index in [1.807, 2.05) is 31.2 Å². The molecule has 1 aromatic carbocycles. The number of alkyl halides is 1. The highest BCUT2D eigenvalue weighted by atomic mass is 35.5. The van der Waals surface area contributed by atoms with Gasteiger partial charge in [0.05, 0.1) is 14.9 Å². The molecule has 1 amide bonds. The third-order valence-corrected chi connectivity index (χ3v) is 5.23. The number of hydrogen-bond donors (Lipinski definition) is 1. The molecule has 0 radical (unpaired) electrons. The van der Waals surface area contributed by atoms with E-state index < -0.39 is 4.87 Å². The van der Waals surface area contributed by atoms with Crippen molar-refractivity contribution >= 4 is 40.7 Å². The van der Waals surface area contributed by atoms with E-state index in [0.717, 1.165) is 17.6 Å². The summed E-state index contributed by atoms with van der Waals surface area (Å²) in [6.07, 6.45) is 6.30. The van der Waals surface area contributed by atoms with Crippen molar-refractivity contribution in [2.75, 3.05) is 6.54 Å². The average molecular weight is 387 g/mol. The summed E-state index contributed by atoms with van der Waals surface area (Å²) in [5.41, 5.74) is 1.96. The first-order chi connectivity index (χ1) is 11.2. The molecule has 2 atom stereocenters. The zero-order chi connectivity index (χ0) is 17.9. The van der Waals surface area contributed by atoms with Gasteiger partial charge in [-0.15, -0.1) is 11.6 Å². The van der Waals surface area contributed by atoms with Crippen molar-refractivity contribution in [2.45, 2.75) is 38.0 Å². The Bertz CT molecular complexity index is 681. The molecular weight excluding hydrogens is 365 g/mol. The van der Waals surface area contributed by atoms with Crippen molar-refractivity contribution < 1.29 is 4.79 Å². The van der Waals surface area contributed by atoms with Crippen LogP contribution in [0.25, 0.3) is 0 Å². The Kier molecular flexibility index (Phi) is 6.41. The van der Waals surface area contributed by atoms with Gasteiger partial charge >= 0.3 is 0 Å². The van der Waals surface area contributed by atoms with Crippen molar-refractivity contribution in [1.82, 2.24) is 5.32 Å². The fraction of sp³-hybridized carbons (Fsp3) is 0.421. The molecule has 5 heteroatoms. The van der Waals surface area contributed by atoms with Crippen molar-refractivity contribution in [3.63, 3.8) is 0 Å². The van der Waals surface area contributed by atoms with Gasteiger partial charge in [-0.25, -0.2) is 0 Å². The smallest absolute Gasteiger partial charge is 0.244 e. The second kappa shape index (κ2) is 7.95. The molecule has 1 N–H and O–H groups in total. The minimum absolute atomic E-state index is 0.0775. The maximum atomic E-state index is 11.8. The SMILES string of the molecule is CC(C=C[C@]1(Cl)CC1c1ccc(Cl)c(Cl)c1)=CC(=O)NCC(C)C. The molecule has 0 heterocycles. The lowest BCUT2D eigenvalue weighted by atomic mass is 10.1. The molecule has 24 heavy (non-hydrogen) atoms. The topological polar surface area (TPSA) is 29.1 Å². The largest absolute Gasteiger partial charge is 0.352 e. The Labute approximate surface area is 158 Å². The number of rotatable bonds is 6. The van der Waals surface area contributed by atoms with Crippen LogP contribution in [0.15, 0.2) is 42.0 Å². The van der Waals surface area contributed by atoms with E-state index in [2.05, 4.69) is 19.2 Å². The van der Waals surface area contributed by atoms with Crippen LogP contribution < -0.4 is 5.32 Å². The van der Waals surface area contributed by atoms with Gasteiger partial charge in [-0.05, 0) is 42.5 Å². The Morgan fingerprint density at radius 3 is 2.71 bits per heavy atom. The third-order valence-electron chi connectivity index (χ3n) is 3.95. The second-order valence-corrected chi connectivity index (χ2v) is 8.24. The maximum absolute atomic E-state index is 11.8. The predicted octanol–water partition coefficient (Wildman–Crippen LogP) is 5.73.